The second-order valence-corrected chi connectivity index (χ2v) is 8.66. The van der Waals surface area contributed by atoms with Crippen molar-refractivity contribution in [3.05, 3.63) is 64.1 Å². The largest absolute Gasteiger partial charge is 0.505 e. The van der Waals surface area contributed by atoms with Crippen LogP contribution >= 0.6 is 11.6 Å². The van der Waals surface area contributed by atoms with Crippen molar-refractivity contribution in [1.82, 2.24) is 4.57 Å². The number of nitrogens with zero attached hydrogens (tertiary/aromatic N) is 1. The molecule has 1 fully saturated rings. The van der Waals surface area contributed by atoms with Crippen molar-refractivity contribution in [3.8, 4) is 5.75 Å². The van der Waals surface area contributed by atoms with Gasteiger partial charge in [0, 0.05) is 21.7 Å². The summed E-state index contributed by atoms with van der Waals surface area (Å²) in [5.41, 5.74) is 1.13. The molecule has 0 bridgehead atoms. The number of phenolic OH excluding ortho intramolecular Hbond substituents is 1. The number of fused-ring (bicyclic) bond motifs is 1. The minimum Gasteiger partial charge on any atom is -0.505 e. The molecule has 0 aliphatic heterocycles. The Kier molecular flexibility index (Phi) is 5.75. The molecule has 5 nitrogen and oxygen atoms in total. The summed E-state index contributed by atoms with van der Waals surface area (Å²) in [7, 11) is 0. The van der Waals surface area contributed by atoms with Crippen LogP contribution < -0.4 is 0 Å². The molecule has 0 spiro atoms. The summed E-state index contributed by atoms with van der Waals surface area (Å²) in [4.78, 5) is 25.6. The average Bonchev–Trinajstić information content (AvgIpc) is 3.34. The Morgan fingerprint density at radius 3 is 2.58 bits per heavy atom. The summed E-state index contributed by atoms with van der Waals surface area (Å²) in [6.07, 6.45) is 4.36. The first-order valence-corrected chi connectivity index (χ1v) is 10.7. The number of phenols is 1. The number of rotatable bonds is 5. The zero-order valence-corrected chi connectivity index (χ0v) is 17.8. The lowest BCUT2D eigenvalue weighted by Crippen LogP contribution is -2.18. The van der Waals surface area contributed by atoms with Crippen LogP contribution in [-0.2, 0) is 4.79 Å². The number of carbonyl (C=O) groups excluding carboxylic acids is 1. The van der Waals surface area contributed by atoms with Gasteiger partial charge < -0.3 is 10.2 Å². The van der Waals surface area contributed by atoms with Crippen LogP contribution in [0.5, 0.6) is 5.75 Å². The molecule has 0 radical (unpaired) electrons. The number of aromatic hydroxyl groups is 1. The van der Waals surface area contributed by atoms with Gasteiger partial charge in [-0.2, -0.15) is 0 Å². The van der Waals surface area contributed by atoms with Crippen molar-refractivity contribution >= 4 is 34.4 Å². The molecule has 7 heteroatoms. The van der Waals surface area contributed by atoms with Crippen molar-refractivity contribution in [2.24, 2.45) is 5.92 Å². The van der Waals surface area contributed by atoms with Crippen LogP contribution in [0.4, 0.5) is 4.39 Å². The molecule has 4 rings (SSSR count). The fourth-order valence-electron chi connectivity index (χ4n) is 4.84. The van der Waals surface area contributed by atoms with E-state index >= 15 is 4.39 Å². The number of benzene rings is 2. The highest BCUT2D eigenvalue weighted by Gasteiger charge is 2.34. The first-order valence-electron chi connectivity index (χ1n) is 10.3. The first-order chi connectivity index (χ1) is 14.8. The SMILES string of the molecule is Cc1c([C@H](CC2CCCC2)C(=O)O)c2c(F)c(O)ccc2n1C(=O)c1cccc(Cl)c1. The third kappa shape index (κ3) is 3.81. The highest BCUT2D eigenvalue weighted by Crippen LogP contribution is 2.42. The summed E-state index contributed by atoms with van der Waals surface area (Å²) < 4.78 is 16.5. The molecule has 162 valence electrons. The maximum Gasteiger partial charge on any atom is 0.311 e. The van der Waals surface area contributed by atoms with E-state index in [0.29, 0.717) is 22.7 Å². The van der Waals surface area contributed by atoms with Crippen molar-refractivity contribution in [2.45, 2.75) is 44.9 Å². The molecule has 1 heterocycles. The number of carboxylic acids is 1. The molecule has 1 aliphatic rings. The predicted octanol–water partition coefficient (Wildman–Crippen LogP) is 5.88. The van der Waals surface area contributed by atoms with E-state index in [1.165, 1.54) is 22.8 Å². The fourth-order valence-corrected chi connectivity index (χ4v) is 5.03. The van der Waals surface area contributed by atoms with Gasteiger partial charge in [-0.15, -0.1) is 0 Å². The lowest BCUT2D eigenvalue weighted by molar-refractivity contribution is -0.139. The Labute approximate surface area is 184 Å². The van der Waals surface area contributed by atoms with E-state index in [9.17, 15) is 19.8 Å². The number of carbonyl (C=O) groups is 2. The van der Waals surface area contributed by atoms with Crippen LogP contribution in [0.15, 0.2) is 36.4 Å². The molecule has 0 saturated heterocycles. The molecule has 31 heavy (non-hydrogen) atoms. The monoisotopic (exact) mass is 443 g/mol. The van der Waals surface area contributed by atoms with Gasteiger partial charge in [-0.1, -0.05) is 43.4 Å². The Morgan fingerprint density at radius 1 is 1.23 bits per heavy atom. The van der Waals surface area contributed by atoms with Crippen molar-refractivity contribution in [1.29, 1.82) is 0 Å². The second kappa shape index (κ2) is 8.35. The predicted molar refractivity (Wildman–Crippen MR) is 116 cm³/mol. The molecule has 1 aliphatic carbocycles. The third-order valence-corrected chi connectivity index (χ3v) is 6.54. The smallest absolute Gasteiger partial charge is 0.311 e. The van der Waals surface area contributed by atoms with Gasteiger partial charge in [0.25, 0.3) is 5.91 Å². The summed E-state index contributed by atoms with van der Waals surface area (Å²) >= 11 is 6.04. The Hall–Kier alpha value is -2.86. The van der Waals surface area contributed by atoms with Crippen LogP contribution in [0.3, 0.4) is 0 Å². The normalized spacial score (nSPS) is 15.5. The molecular formula is C24H23ClFNO4. The number of hydrogen-bond acceptors (Lipinski definition) is 3. The molecular weight excluding hydrogens is 421 g/mol. The topological polar surface area (TPSA) is 79.5 Å². The van der Waals surface area contributed by atoms with Crippen molar-refractivity contribution in [3.63, 3.8) is 0 Å². The van der Waals surface area contributed by atoms with Crippen molar-refractivity contribution in [2.75, 3.05) is 0 Å². The van der Waals surface area contributed by atoms with E-state index in [0.717, 1.165) is 25.7 Å². The standard InChI is InChI=1S/C24H23ClFNO4/c1-13-20(17(24(30)31)11-14-5-2-3-6-14)21-18(9-10-19(28)22(21)26)27(13)23(29)15-7-4-8-16(25)12-15/h4,7-10,12,14,17,28H,2-3,5-6,11H2,1H3,(H,30,31)/t17-/m0/s1. The molecule has 1 saturated carbocycles. The molecule has 0 unspecified atom stereocenters. The molecule has 1 atom stereocenters. The van der Waals surface area contributed by atoms with Gasteiger partial charge in [-0.3, -0.25) is 14.2 Å². The zero-order valence-electron chi connectivity index (χ0n) is 17.1. The fraction of sp³-hybridized carbons (Fsp3) is 0.333. The molecule has 2 N–H and O–H groups in total. The highest BCUT2D eigenvalue weighted by molar-refractivity contribution is 6.31. The van der Waals surface area contributed by atoms with E-state index in [1.54, 1.807) is 25.1 Å². The molecule has 2 aromatic carbocycles. The van der Waals surface area contributed by atoms with Crippen molar-refractivity contribution < 1.29 is 24.2 Å². The molecule has 0 amide bonds. The number of hydrogen-bond donors (Lipinski definition) is 2. The zero-order chi connectivity index (χ0) is 22.3. The van der Waals surface area contributed by atoms with E-state index in [1.807, 2.05) is 0 Å². The van der Waals surface area contributed by atoms with E-state index in [-0.39, 0.29) is 22.4 Å². The van der Waals surface area contributed by atoms with Gasteiger partial charge in [0.15, 0.2) is 11.6 Å². The van der Waals surface area contributed by atoms with Gasteiger partial charge in [0.05, 0.1) is 11.4 Å². The number of aromatic nitrogens is 1. The molecule has 3 aromatic rings. The second-order valence-electron chi connectivity index (χ2n) is 8.22. The third-order valence-electron chi connectivity index (χ3n) is 6.30. The van der Waals surface area contributed by atoms with Gasteiger partial charge in [-0.05, 0) is 55.2 Å². The van der Waals surface area contributed by atoms with Crippen LogP contribution in [-0.4, -0.2) is 26.7 Å². The van der Waals surface area contributed by atoms with E-state index in [2.05, 4.69) is 0 Å². The van der Waals surface area contributed by atoms with Gasteiger partial charge in [-0.25, -0.2) is 4.39 Å². The van der Waals surface area contributed by atoms with Crippen LogP contribution in [0.2, 0.25) is 5.02 Å². The van der Waals surface area contributed by atoms with Gasteiger partial charge >= 0.3 is 5.97 Å². The summed E-state index contributed by atoms with van der Waals surface area (Å²) in [5.74, 6) is -3.73. The summed E-state index contributed by atoms with van der Waals surface area (Å²) in [6, 6.07) is 9.02. The Morgan fingerprint density at radius 2 is 1.94 bits per heavy atom. The Balaban J connectivity index is 1.94. The Bertz CT molecular complexity index is 1180. The summed E-state index contributed by atoms with van der Waals surface area (Å²) in [5, 5.41) is 20.4. The number of halogens is 2. The highest BCUT2D eigenvalue weighted by atomic mass is 35.5. The van der Waals surface area contributed by atoms with Gasteiger partial charge in [0.2, 0.25) is 0 Å². The van der Waals surface area contributed by atoms with Crippen LogP contribution in [0.25, 0.3) is 10.9 Å². The average molecular weight is 444 g/mol. The maximum absolute atomic E-state index is 15.1. The lowest BCUT2D eigenvalue weighted by atomic mass is 9.86. The minimum absolute atomic E-state index is 0.0155. The van der Waals surface area contributed by atoms with Gasteiger partial charge in [0.1, 0.15) is 0 Å². The number of aliphatic carboxylic acids is 1. The quantitative estimate of drug-likeness (QED) is 0.515. The lowest BCUT2D eigenvalue weighted by Gasteiger charge is -2.18. The number of carboxylic acid groups (broad SMARTS) is 1. The maximum atomic E-state index is 15.1. The van der Waals surface area contributed by atoms with E-state index < -0.39 is 29.4 Å². The molecule has 1 aromatic heterocycles. The minimum atomic E-state index is -1.06. The van der Waals surface area contributed by atoms with E-state index in [4.69, 9.17) is 11.6 Å². The van der Waals surface area contributed by atoms with Crippen LogP contribution in [0.1, 0.15) is 59.6 Å². The first kappa shape index (κ1) is 21.4. The van der Waals surface area contributed by atoms with Crippen LogP contribution in [0, 0.1) is 18.7 Å². The summed E-state index contributed by atoms with van der Waals surface area (Å²) in [6.45, 7) is 1.62.